The summed E-state index contributed by atoms with van der Waals surface area (Å²) < 4.78 is 5.88. The Kier molecular flexibility index (Phi) is 3.96. The highest BCUT2D eigenvalue weighted by molar-refractivity contribution is 9.10. The summed E-state index contributed by atoms with van der Waals surface area (Å²) in [6.07, 6.45) is -1.03. The van der Waals surface area contributed by atoms with Crippen LogP contribution in [-0.2, 0) is 0 Å². The number of methoxy groups -OCH3 is 1. The number of ether oxygens (including phenoxy) is 1. The summed E-state index contributed by atoms with van der Waals surface area (Å²) in [5.74, 6) is 0.723. The van der Waals surface area contributed by atoms with Gasteiger partial charge in [-0.15, -0.1) is 0 Å². The van der Waals surface area contributed by atoms with Crippen molar-refractivity contribution in [2.75, 3.05) is 7.11 Å². The van der Waals surface area contributed by atoms with Crippen molar-refractivity contribution in [2.24, 2.45) is 0 Å². The molecule has 0 heterocycles. The van der Waals surface area contributed by atoms with Crippen LogP contribution in [0.25, 0.3) is 0 Å². The maximum absolute atomic E-state index is 10.4. The van der Waals surface area contributed by atoms with E-state index in [4.69, 9.17) is 9.84 Å². The second kappa shape index (κ2) is 5.02. The normalized spacial score (nSPS) is 11.9. The Labute approximate surface area is 96.4 Å². The molecule has 15 heavy (non-hydrogen) atoms. The Morgan fingerprint density at radius 2 is 2.27 bits per heavy atom. The molecule has 5 heteroatoms. The molecule has 1 unspecified atom stereocenters. The molecule has 0 bridgehead atoms. The van der Waals surface area contributed by atoms with Gasteiger partial charge >= 0.3 is 6.09 Å². The Morgan fingerprint density at radius 3 is 2.73 bits per heavy atom. The number of benzene rings is 1. The van der Waals surface area contributed by atoms with E-state index in [1.807, 2.05) is 12.1 Å². The maximum Gasteiger partial charge on any atom is 0.405 e. The number of hydrogen-bond donors (Lipinski definition) is 2. The lowest BCUT2D eigenvalue weighted by Crippen LogP contribution is -2.24. The minimum atomic E-state index is -1.03. The number of carbonyl (C=O) groups is 1. The van der Waals surface area contributed by atoms with Crippen LogP contribution in [0.15, 0.2) is 22.7 Å². The fraction of sp³-hybridized carbons (Fsp3) is 0.300. The Balaban J connectivity index is 2.87. The van der Waals surface area contributed by atoms with Crippen LogP contribution < -0.4 is 10.1 Å². The zero-order chi connectivity index (χ0) is 11.4. The van der Waals surface area contributed by atoms with Crippen LogP contribution in [0, 0.1) is 0 Å². The Hall–Kier alpha value is -1.23. The van der Waals surface area contributed by atoms with Crippen LogP contribution >= 0.6 is 15.9 Å². The molecule has 0 aliphatic heterocycles. The summed E-state index contributed by atoms with van der Waals surface area (Å²) in [4.78, 5) is 10.4. The highest BCUT2D eigenvalue weighted by Crippen LogP contribution is 2.27. The summed E-state index contributed by atoms with van der Waals surface area (Å²) in [6, 6.07) is 5.20. The molecule has 0 aliphatic carbocycles. The molecule has 1 rings (SSSR count). The van der Waals surface area contributed by atoms with Gasteiger partial charge < -0.3 is 15.2 Å². The largest absolute Gasteiger partial charge is 0.496 e. The van der Waals surface area contributed by atoms with Crippen LogP contribution in [0.1, 0.15) is 18.5 Å². The minimum Gasteiger partial charge on any atom is -0.496 e. The van der Waals surface area contributed by atoms with Gasteiger partial charge in [-0.3, -0.25) is 0 Å². The average molecular weight is 274 g/mol. The molecule has 1 atom stereocenters. The molecule has 0 saturated heterocycles. The van der Waals surface area contributed by atoms with Gasteiger partial charge in [-0.25, -0.2) is 4.79 Å². The van der Waals surface area contributed by atoms with E-state index in [1.165, 1.54) is 0 Å². The van der Waals surface area contributed by atoms with E-state index in [9.17, 15) is 4.79 Å². The summed E-state index contributed by atoms with van der Waals surface area (Å²) in [6.45, 7) is 1.78. The predicted octanol–water partition coefficient (Wildman–Crippen LogP) is 2.79. The van der Waals surface area contributed by atoms with Gasteiger partial charge in [-0.2, -0.15) is 0 Å². The first-order valence-electron chi connectivity index (χ1n) is 4.37. The van der Waals surface area contributed by atoms with E-state index in [-0.39, 0.29) is 6.04 Å². The maximum atomic E-state index is 10.4. The Bertz CT molecular complexity index is 368. The lowest BCUT2D eigenvalue weighted by atomic mass is 10.1. The zero-order valence-electron chi connectivity index (χ0n) is 8.45. The van der Waals surface area contributed by atoms with Crippen LogP contribution in [0.3, 0.4) is 0 Å². The molecule has 2 N–H and O–H groups in total. The van der Waals surface area contributed by atoms with Crippen LogP contribution in [0.4, 0.5) is 4.79 Å². The third-order valence-corrected chi connectivity index (χ3v) is 2.64. The van der Waals surface area contributed by atoms with Crippen LogP contribution in [-0.4, -0.2) is 18.3 Å². The zero-order valence-corrected chi connectivity index (χ0v) is 10.0. The van der Waals surface area contributed by atoms with Gasteiger partial charge in [-0.05, 0) is 40.5 Å². The number of carboxylic acid groups (broad SMARTS) is 1. The molecule has 0 fully saturated rings. The van der Waals surface area contributed by atoms with Crippen LogP contribution in [0.2, 0.25) is 0 Å². The van der Waals surface area contributed by atoms with E-state index in [2.05, 4.69) is 21.2 Å². The molecule has 1 aromatic carbocycles. The molecule has 0 saturated carbocycles. The third kappa shape index (κ3) is 3.13. The topological polar surface area (TPSA) is 58.6 Å². The third-order valence-electron chi connectivity index (χ3n) is 2.02. The molecule has 1 amide bonds. The lowest BCUT2D eigenvalue weighted by molar-refractivity contribution is 0.191. The van der Waals surface area contributed by atoms with Crippen molar-refractivity contribution in [3.63, 3.8) is 0 Å². The van der Waals surface area contributed by atoms with Crippen molar-refractivity contribution in [1.29, 1.82) is 0 Å². The van der Waals surface area contributed by atoms with Gasteiger partial charge in [0.05, 0.1) is 17.6 Å². The fourth-order valence-electron chi connectivity index (χ4n) is 1.22. The smallest absolute Gasteiger partial charge is 0.405 e. The van der Waals surface area contributed by atoms with Crippen molar-refractivity contribution in [3.05, 3.63) is 28.2 Å². The lowest BCUT2D eigenvalue weighted by Gasteiger charge is -2.13. The van der Waals surface area contributed by atoms with E-state index in [0.717, 1.165) is 15.8 Å². The quantitative estimate of drug-likeness (QED) is 0.891. The highest BCUT2D eigenvalue weighted by atomic mass is 79.9. The van der Waals surface area contributed by atoms with Crippen LogP contribution in [0.5, 0.6) is 5.75 Å². The van der Waals surface area contributed by atoms with Gasteiger partial charge in [-0.1, -0.05) is 6.07 Å². The van der Waals surface area contributed by atoms with Gasteiger partial charge in [0, 0.05) is 0 Å². The predicted molar refractivity (Wildman–Crippen MR) is 60.3 cm³/mol. The molecule has 0 spiro atoms. The van der Waals surface area contributed by atoms with E-state index in [0.29, 0.717) is 0 Å². The van der Waals surface area contributed by atoms with E-state index in [1.54, 1.807) is 20.1 Å². The molecule has 0 aliphatic rings. The Morgan fingerprint density at radius 1 is 1.60 bits per heavy atom. The van der Waals surface area contributed by atoms with Crippen molar-refractivity contribution in [1.82, 2.24) is 5.32 Å². The standard InChI is InChI=1S/C10H12BrNO3/c1-6(12-10(13)14)7-3-4-9(15-2)8(11)5-7/h3-6,12H,1-2H3,(H,13,14). The van der Waals surface area contributed by atoms with Gasteiger partial charge in [0.15, 0.2) is 0 Å². The molecule has 82 valence electrons. The second-order valence-electron chi connectivity index (χ2n) is 3.07. The molecule has 0 radical (unpaired) electrons. The van der Waals surface area contributed by atoms with Gasteiger partial charge in [0.2, 0.25) is 0 Å². The monoisotopic (exact) mass is 273 g/mol. The minimum absolute atomic E-state index is 0.246. The molecule has 4 nitrogen and oxygen atoms in total. The van der Waals surface area contributed by atoms with E-state index < -0.39 is 6.09 Å². The number of halogens is 1. The summed E-state index contributed by atoms with van der Waals surface area (Å²) in [5.41, 5.74) is 0.880. The van der Waals surface area contributed by atoms with Crippen molar-refractivity contribution >= 4 is 22.0 Å². The number of hydrogen-bond acceptors (Lipinski definition) is 2. The number of nitrogens with one attached hydrogen (secondary N) is 1. The molecule has 0 aromatic heterocycles. The number of amides is 1. The van der Waals surface area contributed by atoms with Crippen molar-refractivity contribution in [2.45, 2.75) is 13.0 Å². The summed E-state index contributed by atoms with van der Waals surface area (Å²) in [5, 5.41) is 10.9. The first kappa shape index (κ1) is 11.8. The van der Waals surface area contributed by atoms with Gasteiger partial charge in [0.25, 0.3) is 0 Å². The van der Waals surface area contributed by atoms with Crippen molar-refractivity contribution < 1.29 is 14.6 Å². The summed E-state index contributed by atoms with van der Waals surface area (Å²) in [7, 11) is 1.58. The highest BCUT2D eigenvalue weighted by Gasteiger charge is 2.09. The molecular formula is C10H12BrNO3. The second-order valence-corrected chi connectivity index (χ2v) is 3.92. The molecular weight excluding hydrogens is 262 g/mol. The average Bonchev–Trinajstić information content (AvgIpc) is 2.16. The first-order valence-corrected chi connectivity index (χ1v) is 5.16. The summed E-state index contributed by atoms with van der Waals surface area (Å²) >= 11 is 3.34. The molecule has 1 aromatic rings. The number of rotatable bonds is 3. The van der Waals surface area contributed by atoms with Crippen molar-refractivity contribution in [3.8, 4) is 5.75 Å². The fourth-order valence-corrected chi connectivity index (χ4v) is 1.78. The first-order chi connectivity index (χ1) is 7.04. The van der Waals surface area contributed by atoms with Gasteiger partial charge in [0.1, 0.15) is 5.75 Å². The SMILES string of the molecule is COc1ccc(C(C)NC(=O)O)cc1Br. The van der Waals surface area contributed by atoms with E-state index >= 15 is 0 Å².